The summed E-state index contributed by atoms with van der Waals surface area (Å²) in [6.07, 6.45) is -0.351. The molecule has 0 bridgehead atoms. The van der Waals surface area contributed by atoms with E-state index in [9.17, 15) is 5.11 Å². The molecular formula is C15H24BrNO3. The number of ether oxygens (including phenoxy) is 2. The van der Waals surface area contributed by atoms with E-state index in [1.165, 1.54) is 0 Å². The Morgan fingerprint density at radius 1 is 1.20 bits per heavy atom. The fourth-order valence-electron chi connectivity index (χ4n) is 2.07. The molecule has 0 heterocycles. The predicted octanol–water partition coefficient (Wildman–Crippen LogP) is 3.06. The van der Waals surface area contributed by atoms with Crippen LogP contribution in [0, 0.1) is 0 Å². The predicted molar refractivity (Wildman–Crippen MR) is 84.5 cm³/mol. The average Bonchev–Trinajstić information content (AvgIpc) is 2.39. The molecule has 1 unspecified atom stereocenters. The van der Waals surface area contributed by atoms with Crippen molar-refractivity contribution in [2.75, 3.05) is 20.8 Å². The van der Waals surface area contributed by atoms with Gasteiger partial charge in [-0.2, -0.15) is 0 Å². The molecule has 1 atom stereocenters. The summed E-state index contributed by atoms with van der Waals surface area (Å²) < 4.78 is 11.6. The quantitative estimate of drug-likeness (QED) is 0.824. The lowest BCUT2D eigenvalue weighted by atomic mass is 10.1. The Balaban J connectivity index is 3.01. The molecule has 0 aliphatic heterocycles. The molecule has 1 N–H and O–H groups in total. The van der Waals surface area contributed by atoms with E-state index in [0.29, 0.717) is 24.1 Å². The van der Waals surface area contributed by atoms with Crippen molar-refractivity contribution >= 4 is 15.9 Å². The summed E-state index contributed by atoms with van der Waals surface area (Å²) in [5.41, 5.74) is 1.11. The van der Waals surface area contributed by atoms with E-state index >= 15 is 0 Å². The van der Waals surface area contributed by atoms with Crippen molar-refractivity contribution in [1.82, 2.24) is 4.90 Å². The zero-order valence-corrected chi connectivity index (χ0v) is 14.4. The van der Waals surface area contributed by atoms with Crippen LogP contribution in [0.25, 0.3) is 0 Å². The smallest absolute Gasteiger partial charge is 0.175 e. The highest BCUT2D eigenvalue weighted by molar-refractivity contribution is 9.10. The van der Waals surface area contributed by atoms with Crippen LogP contribution in [0.3, 0.4) is 0 Å². The van der Waals surface area contributed by atoms with Crippen LogP contribution in [0.5, 0.6) is 11.5 Å². The maximum atomic E-state index is 9.60. The summed E-state index contributed by atoms with van der Waals surface area (Å²) in [5.74, 6) is 1.40. The Morgan fingerprint density at radius 3 is 2.30 bits per heavy atom. The van der Waals surface area contributed by atoms with Gasteiger partial charge in [-0.1, -0.05) is 6.07 Å². The molecule has 0 aliphatic carbocycles. The molecule has 0 amide bonds. The fraction of sp³-hybridized carbons (Fsp3) is 0.600. The topological polar surface area (TPSA) is 41.9 Å². The van der Waals surface area contributed by atoms with Crippen LogP contribution >= 0.6 is 15.9 Å². The summed E-state index contributed by atoms with van der Waals surface area (Å²) in [6, 6.07) is 4.27. The second-order valence-corrected chi connectivity index (χ2v) is 5.94. The van der Waals surface area contributed by atoms with Gasteiger partial charge in [0.05, 0.1) is 24.8 Å². The van der Waals surface area contributed by atoms with Crippen molar-refractivity contribution in [2.24, 2.45) is 0 Å². The Kier molecular flexibility index (Phi) is 6.79. The van der Waals surface area contributed by atoms with Crippen molar-refractivity contribution < 1.29 is 14.6 Å². The van der Waals surface area contributed by atoms with E-state index in [-0.39, 0.29) is 6.10 Å². The van der Waals surface area contributed by atoms with E-state index in [1.807, 2.05) is 12.1 Å². The van der Waals surface area contributed by atoms with Crippen LogP contribution in [0.2, 0.25) is 0 Å². The third-order valence-corrected chi connectivity index (χ3v) is 4.04. The summed E-state index contributed by atoms with van der Waals surface area (Å²) in [6.45, 7) is 7.43. The number of halogens is 1. The van der Waals surface area contributed by atoms with Crippen LogP contribution < -0.4 is 9.47 Å². The third-order valence-electron chi connectivity index (χ3n) is 3.17. The number of methoxy groups -OCH3 is 2. The minimum absolute atomic E-state index is 0.351. The van der Waals surface area contributed by atoms with Crippen molar-refractivity contribution in [3.63, 3.8) is 0 Å². The van der Waals surface area contributed by atoms with Crippen molar-refractivity contribution in [2.45, 2.75) is 39.5 Å². The van der Waals surface area contributed by atoms with Gasteiger partial charge in [0, 0.05) is 19.1 Å². The van der Waals surface area contributed by atoms with Gasteiger partial charge in [-0.3, -0.25) is 4.90 Å². The molecule has 0 spiro atoms. The molecule has 0 fully saturated rings. The molecule has 1 rings (SSSR count). The molecule has 0 aromatic heterocycles. The van der Waals surface area contributed by atoms with Gasteiger partial charge in [0.1, 0.15) is 0 Å². The lowest BCUT2D eigenvalue weighted by molar-refractivity contribution is 0.102. The van der Waals surface area contributed by atoms with E-state index in [0.717, 1.165) is 16.6 Å². The minimum atomic E-state index is -0.351. The molecule has 5 heteroatoms. The highest BCUT2D eigenvalue weighted by Gasteiger charge is 2.17. The maximum Gasteiger partial charge on any atom is 0.175 e. The van der Waals surface area contributed by atoms with E-state index in [4.69, 9.17) is 9.47 Å². The molecule has 0 saturated carbocycles. The van der Waals surface area contributed by atoms with E-state index in [1.54, 1.807) is 21.1 Å². The normalized spacial score (nSPS) is 12.8. The first-order valence-corrected chi connectivity index (χ1v) is 7.51. The first-order valence-electron chi connectivity index (χ1n) is 6.72. The van der Waals surface area contributed by atoms with Crippen molar-refractivity contribution in [3.05, 3.63) is 22.2 Å². The number of hydrogen-bond acceptors (Lipinski definition) is 4. The number of aliphatic hydroxyl groups is 1. The van der Waals surface area contributed by atoms with Gasteiger partial charge < -0.3 is 14.6 Å². The average molecular weight is 346 g/mol. The molecule has 1 aromatic rings. The van der Waals surface area contributed by atoms with Crippen molar-refractivity contribution in [1.29, 1.82) is 0 Å². The Morgan fingerprint density at radius 2 is 1.85 bits per heavy atom. The Labute approximate surface area is 129 Å². The van der Waals surface area contributed by atoms with Crippen LogP contribution in [0.1, 0.15) is 26.3 Å². The number of hydrogen-bond donors (Lipinski definition) is 1. The summed E-state index contributed by atoms with van der Waals surface area (Å²) >= 11 is 3.58. The first-order chi connectivity index (χ1) is 9.40. The Hall–Kier alpha value is -0.780. The SMILES string of the molecule is COc1ccc(CN(CC(C)O)C(C)C)c(Br)c1OC. The van der Waals surface area contributed by atoms with Crippen LogP contribution in [-0.2, 0) is 6.54 Å². The largest absolute Gasteiger partial charge is 0.493 e. The molecular weight excluding hydrogens is 322 g/mol. The first kappa shape index (κ1) is 17.3. The molecule has 0 aliphatic rings. The summed E-state index contributed by atoms with van der Waals surface area (Å²) in [4.78, 5) is 2.22. The number of rotatable bonds is 7. The fourth-order valence-corrected chi connectivity index (χ4v) is 2.68. The highest BCUT2D eigenvalue weighted by Crippen LogP contribution is 2.38. The maximum absolute atomic E-state index is 9.60. The Bertz CT molecular complexity index is 435. The molecule has 0 radical (unpaired) electrons. The van der Waals surface area contributed by atoms with Gasteiger partial charge in [0.25, 0.3) is 0 Å². The molecule has 20 heavy (non-hydrogen) atoms. The zero-order valence-electron chi connectivity index (χ0n) is 12.8. The van der Waals surface area contributed by atoms with Gasteiger partial charge in [-0.05, 0) is 48.3 Å². The second-order valence-electron chi connectivity index (χ2n) is 5.15. The van der Waals surface area contributed by atoms with Gasteiger partial charge in [0.15, 0.2) is 11.5 Å². The standard InChI is InChI=1S/C15H24BrNO3/c1-10(2)17(8-11(3)18)9-12-6-7-13(19-4)15(20-5)14(12)16/h6-7,10-11,18H,8-9H2,1-5H3. The van der Waals surface area contributed by atoms with E-state index < -0.39 is 0 Å². The van der Waals surface area contributed by atoms with Gasteiger partial charge in [-0.25, -0.2) is 0 Å². The second kappa shape index (κ2) is 7.86. The number of nitrogens with zero attached hydrogens (tertiary/aromatic N) is 1. The lowest BCUT2D eigenvalue weighted by Crippen LogP contribution is -2.36. The number of aliphatic hydroxyl groups excluding tert-OH is 1. The van der Waals surface area contributed by atoms with Crippen LogP contribution in [-0.4, -0.2) is 42.9 Å². The summed E-state index contributed by atoms with van der Waals surface area (Å²) in [5, 5.41) is 9.60. The van der Waals surface area contributed by atoms with Gasteiger partial charge in [-0.15, -0.1) is 0 Å². The summed E-state index contributed by atoms with van der Waals surface area (Å²) in [7, 11) is 3.25. The van der Waals surface area contributed by atoms with Gasteiger partial charge >= 0.3 is 0 Å². The lowest BCUT2D eigenvalue weighted by Gasteiger charge is -2.28. The van der Waals surface area contributed by atoms with Crippen LogP contribution in [0.4, 0.5) is 0 Å². The van der Waals surface area contributed by atoms with Crippen molar-refractivity contribution in [3.8, 4) is 11.5 Å². The molecule has 114 valence electrons. The van der Waals surface area contributed by atoms with Gasteiger partial charge in [0.2, 0.25) is 0 Å². The minimum Gasteiger partial charge on any atom is -0.493 e. The third kappa shape index (κ3) is 4.36. The highest BCUT2D eigenvalue weighted by atomic mass is 79.9. The molecule has 4 nitrogen and oxygen atoms in total. The van der Waals surface area contributed by atoms with E-state index in [2.05, 4.69) is 34.7 Å². The number of benzene rings is 1. The molecule has 0 saturated heterocycles. The monoisotopic (exact) mass is 345 g/mol. The zero-order chi connectivity index (χ0) is 15.3. The molecule has 1 aromatic carbocycles. The van der Waals surface area contributed by atoms with Crippen LogP contribution in [0.15, 0.2) is 16.6 Å².